The van der Waals surface area contributed by atoms with Crippen molar-refractivity contribution in [3.63, 3.8) is 0 Å². The van der Waals surface area contributed by atoms with Gasteiger partial charge in [-0.05, 0) is 25.8 Å². The number of nitro benzene ring substituents is 1. The Kier molecular flexibility index (Phi) is 25.0. The summed E-state index contributed by atoms with van der Waals surface area (Å²) >= 11 is 11.0. The minimum Gasteiger partial charge on any atom is -0.258 e. The van der Waals surface area contributed by atoms with E-state index >= 15 is 0 Å². The first kappa shape index (κ1) is 33.7. The van der Waals surface area contributed by atoms with E-state index in [0.29, 0.717) is 18.7 Å². The van der Waals surface area contributed by atoms with Crippen LogP contribution in [0, 0.1) is 17.0 Å². The van der Waals surface area contributed by atoms with Gasteiger partial charge in [0.1, 0.15) is 0 Å². The number of alkyl halides is 2. The highest BCUT2D eigenvalue weighted by atomic mass is 35.5. The Morgan fingerprint density at radius 1 is 0.971 bits per heavy atom. The van der Waals surface area contributed by atoms with Crippen LogP contribution in [-0.2, 0) is 14.4 Å². The van der Waals surface area contributed by atoms with E-state index in [2.05, 4.69) is 21.9 Å². The first-order chi connectivity index (χ1) is 16.3. The molecule has 0 amide bonds. The highest BCUT2D eigenvalue weighted by Gasteiger charge is 2.10. The van der Waals surface area contributed by atoms with Crippen molar-refractivity contribution in [3.05, 3.63) is 33.9 Å². The average molecular weight is 532 g/mol. The minimum absolute atomic E-state index is 0.0449. The lowest BCUT2D eigenvalue weighted by molar-refractivity contribution is -0.385. The van der Waals surface area contributed by atoms with Crippen LogP contribution in [0.2, 0.25) is 6.04 Å². The van der Waals surface area contributed by atoms with Crippen molar-refractivity contribution in [1.29, 1.82) is 0 Å². The number of rotatable bonds is 14. The topological polar surface area (TPSA) is 131 Å². The molecule has 0 aliphatic carbocycles. The van der Waals surface area contributed by atoms with Crippen molar-refractivity contribution >= 4 is 62.3 Å². The van der Waals surface area contributed by atoms with E-state index in [0.717, 1.165) is 18.9 Å². The SMILES string of the molecule is CCCCCCCCN=C=O.Cc1ccc(N=C=O)cc1[N+](=O)[O-].O=C=NCCC[SiH2]C(Cl)Cl. The van der Waals surface area contributed by atoms with Gasteiger partial charge in [-0.15, -0.1) is 23.2 Å². The molecule has 0 fully saturated rings. The zero-order valence-electron chi connectivity index (χ0n) is 19.7. The molecular weight excluding hydrogens is 499 g/mol. The van der Waals surface area contributed by atoms with Crippen LogP contribution < -0.4 is 0 Å². The smallest absolute Gasteiger partial charge is 0.258 e. The Morgan fingerprint density at radius 3 is 2.09 bits per heavy atom. The summed E-state index contributed by atoms with van der Waals surface area (Å²) in [5, 5.41) is 10.4. The van der Waals surface area contributed by atoms with Gasteiger partial charge in [0, 0.05) is 11.6 Å². The number of aryl methyl sites for hydroxylation is 1. The molecule has 0 spiro atoms. The van der Waals surface area contributed by atoms with Crippen LogP contribution in [0.1, 0.15) is 57.4 Å². The monoisotopic (exact) mass is 530 g/mol. The molecule has 0 atom stereocenters. The molecule has 188 valence electrons. The molecule has 0 aliphatic rings. The summed E-state index contributed by atoms with van der Waals surface area (Å²) in [6.07, 6.45) is 12.7. The van der Waals surface area contributed by atoms with Crippen LogP contribution in [0.3, 0.4) is 0 Å². The fourth-order valence-corrected chi connectivity index (χ4v) is 4.22. The number of nitro groups is 1. The third-order valence-electron chi connectivity index (χ3n) is 4.26. The molecule has 1 aromatic rings. The normalized spacial score (nSPS) is 9.56. The van der Waals surface area contributed by atoms with Gasteiger partial charge in [0.15, 0.2) is 0 Å². The van der Waals surface area contributed by atoms with Gasteiger partial charge in [-0.3, -0.25) is 10.1 Å². The largest absolute Gasteiger partial charge is 0.274 e. The Morgan fingerprint density at radius 2 is 1.56 bits per heavy atom. The first-order valence-corrected chi connectivity index (χ1v) is 13.7. The minimum atomic E-state index is -0.515. The van der Waals surface area contributed by atoms with Gasteiger partial charge >= 0.3 is 0 Å². The standard InChI is InChI=1S/C9H17NO.C8H6N2O3.C5H9Cl2NOSi/c1-2-3-4-5-6-7-8-10-9-11;1-6-2-3-7(9-5-11)4-8(6)10(12)13;6-5(7)10-3-1-2-8-4-9/h2-8H2,1H3;2-4H,1H3;5H,1-3,10H2. The molecule has 0 N–H and O–H groups in total. The molecule has 0 bridgehead atoms. The maximum Gasteiger partial charge on any atom is 0.274 e. The number of nitrogens with zero attached hydrogens (tertiary/aromatic N) is 4. The summed E-state index contributed by atoms with van der Waals surface area (Å²) in [4.78, 5) is 49.2. The summed E-state index contributed by atoms with van der Waals surface area (Å²) in [5.41, 5.74) is 0.735. The molecule has 1 aromatic carbocycles. The molecule has 0 aromatic heterocycles. The van der Waals surface area contributed by atoms with Gasteiger partial charge in [0.2, 0.25) is 18.2 Å². The molecule has 0 saturated carbocycles. The van der Waals surface area contributed by atoms with Crippen LogP contribution >= 0.6 is 23.2 Å². The average Bonchev–Trinajstić information content (AvgIpc) is 2.80. The highest BCUT2D eigenvalue weighted by Crippen LogP contribution is 2.23. The third-order valence-corrected chi connectivity index (χ3v) is 6.91. The van der Waals surface area contributed by atoms with E-state index in [9.17, 15) is 24.5 Å². The third kappa shape index (κ3) is 22.7. The molecule has 12 heteroatoms. The number of isocyanates is 3. The molecule has 0 radical (unpaired) electrons. The van der Waals surface area contributed by atoms with Gasteiger partial charge in [0.25, 0.3) is 5.69 Å². The van der Waals surface area contributed by atoms with E-state index in [-0.39, 0.29) is 25.4 Å². The first-order valence-electron chi connectivity index (χ1n) is 11.0. The van der Waals surface area contributed by atoms with Gasteiger partial charge < -0.3 is 0 Å². The number of hydrogen-bond donors (Lipinski definition) is 0. The fourth-order valence-electron chi connectivity index (χ4n) is 2.47. The molecular formula is C22H32Cl2N4O5Si. The summed E-state index contributed by atoms with van der Waals surface area (Å²) < 4.78 is -0.153. The molecule has 1 rings (SSSR count). The second-order valence-electron chi connectivity index (χ2n) is 7.03. The van der Waals surface area contributed by atoms with Crippen LogP contribution in [0.15, 0.2) is 33.2 Å². The van der Waals surface area contributed by atoms with E-state index in [4.69, 9.17) is 23.2 Å². The Labute approximate surface area is 212 Å². The number of aliphatic imine (C=N–C) groups is 3. The Balaban J connectivity index is 0. The number of benzene rings is 1. The van der Waals surface area contributed by atoms with Gasteiger partial charge in [-0.1, -0.05) is 51.1 Å². The maximum absolute atomic E-state index is 10.4. The summed E-state index contributed by atoms with van der Waals surface area (Å²) in [6, 6.07) is 5.34. The lowest BCUT2D eigenvalue weighted by Gasteiger charge is -1.96. The quantitative estimate of drug-likeness (QED) is 0.0585. The van der Waals surface area contributed by atoms with Crippen molar-refractivity contribution in [2.75, 3.05) is 13.1 Å². The summed E-state index contributed by atoms with van der Waals surface area (Å²) in [6.45, 7) is 5.05. The van der Waals surface area contributed by atoms with Crippen molar-refractivity contribution in [1.82, 2.24) is 0 Å². The number of halogens is 2. The van der Waals surface area contributed by atoms with Gasteiger partial charge in [0.05, 0.1) is 37.7 Å². The van der Waals surface area contributed by atoms with E-state index < -0.39 is 4.92 Å². The highest BCUT2D eigenvalue weighted by molar-refractivity contribution is 6.68. The lowest BCUT2D eigenvalue weighted by atomic mass is 10.1. The molecule has 0 heterocycles. The van der Waals surface area contributed by atoms with Crippen LogP contribution in [-0.4, -0.2) is 50.2 Å². The maximum atomic E-state index is 10.4. The Bertz CT molecular complexity index is 839. The fraction of sp³-hybridized carbons (Fsp3) is 0.591. The van der Waals surface area contributed by atoms with Gasteiger partial charge in [-0.25, -0.2) is 24.4 Å². The Hall–Kier alpha value is -2.44. The second-order valence-corrected chi connectivity index (χ2v) is 11.4. The van der Waals surface area contributed by atoms with E-state index in [1.807, 2.05) is 0 Å². The molecule has 0 unspecified atom stereocenters. The van der Waals surface area contributed by atoms with Crippen LogP contribution in [0.5, 0.6) is 0 Å². The zero-order valence-corrected chi connectivity index (χ0v) is 22.6. The molecule has 0 aliphatic heterocycles. The summed E-state index contributed by atoms with van der Waals surface area (Å²) in [5.74, 6) is 0. The van der Waals surface area contributed by atoms with Crippen molar-refractivity contribution in [3.8, 4) is 0 Å². The predicted molar refractivity (Wildman–Crippen MR) is 138 cm³/mol. The van der Waals surface area contributed by atoms with Crippen molar-refractivity contribution in [2.24, 2.45) is 15.0 Å². The summed E-state index contributed by atoms with van der Waals surface area (Å²) in [7, 11) is -0.341. The van der Waals surface area contributed by atoms with E-state index in [1.165, 1.54) is 62.5 Å². The second kappa shape index (κ2) is 25.2. The molecule has 0 saturated heterocycles. The van der Waals surface area contributed by atoms with Crippen molar-refractivity contribution < 1.29 is 19.3 Å². The predicted octanol–water partition coefficient (Wildman–Crippen LogP) is 5.61. The van der Waals surface area contributed by atoms with Crippen LogP contribution in [0.4, 0.5) is 11.4 Å². The van der Waals surface area contributed by atoms with Crippen molar-refractivity contribution in [2.45, 2.75) is 69.3 Å². The van der Waals surface area contributed by atoms with E-state index in [1.54, 1.807) is 13.0 Å². The molecule has 34 heavy (non-hydrogen) atoms. The number of carbonyl (C=O) groups excluding carboxylic acids is 3. The number of unbranched alkanes of at least 4 members (excludes halogenated alkanes) is 5. The number of hydrogen-bond acceptors (Lipinski definition) is 8. The zero-order chi connectivity index (χ0) is 26.0. The lowest BCUT2D eigenvalue weighted by Crippen LogP contribution is -2.00. The van der Waals surface area contributed by atoms with Crippen LogP contribution in [0.25, 0.3) is 0 Å². The molecule has 9 nitrogen and oxygen atoms in total. The van der Waals surface area contributed by atoms with Gasteiger partial charge in [-0.2, -0.15) is 4.99 Å².